The quantitative estimate of drug-likeness (QED) is 0.794. The summed E-state index contributed by atoms with van der Waals surface area (Å²) in [5, 5.41) is 10.7. The van der Waals surface area contributed by atoms with Crippen molar-refractivity contribution in [3.63, 3.8) is 0 Å². The second kappa shape index (κ2) is 8.28. The lowest BCUT2D eigenvalue weighted by molar-refractivity contribution is 0.0373. The molecule has 0 unspecified atom stereocenters. The highest BCUT2D eigenvalue weighted by Gasteiger charge is 2.27. The van der Waals surface area contributed by atoms with Crippen LogP contribution in [-0.4, -0.2) is 29.1 Å². The number of halogens is 1. The summed E-state index contributed by atoms with van der Waals surface area (Å²) in [6, 6.07) is 19.0. The number of aliphatic hydroxyl groups is 1. The number of hydrogen-bond donors (Lipinski definition) is 1. The summed E-state index contributed by atoms with van der Waals surface area (Å²) in [6.45, 7) is 4.29. The summed E-state index contributed by atoms with van der Waals surface area (Å²) >= 11 is 3.45. The molecule has 1 N–H and O–H groups in total. The second-order valence-corrected chi connectivity index (χ2v) is 7.82. The van der Waals surface area contributed by atoms with Gasteiger partial charge in [0.05, 0.1) is 6.10 Å². The smallest absolute Gasteiger partial charge is 0.0942 e. The van der Waals surface area contributed by atoms with Crippen molar-refractivity contribution in [3.05, 3.63) is 70.2 Å². The van der Waals surface area contributed by atoms with Gasteiger partial charge in [0.15, 0.2) is 0 Å². The minimum atomic E-state index is -0.427. The molecule has 0 aliphatic carbocycles. The number of rotatable bonds is 5. The zero-order chi connectivity index (χ0) is 16.9. The van der Waals surface area contributed by atoms with Gasteiger partial charge in [-0.2, -0.15) is 0 Å². The molecule has 1 aliphatic rings. The lowest BCUT2D eigenvalue weighted by Crippen LogP contribution is -2.43. The minimum absolute atomic E-state index is 0.156. The standard InChI is InChI=1S/C21H26BrNO/c1-16(21(24)19-7-9-20(22)10-8-19)23-13-11-18(12-14-23)15-17-5-3-2-4-6-17/h2-10,16,18,21,24H,11-15H2,1H3/t16-,21-/m1/s1. The number of nitrogens with zero attached hydrogens (tertiary/aromatic N) is 1. The summed E-state index contributed by atoms with van der Waals surface area (Å²) in [6.07, 6.45) is 3.18. The summed E-state index contributed by atoms with van der Waals surface area (Å²) in [7, 11) is 0. The first-order valence-corrected chi connectivity index (χ1v) is 9.64. The van der Waals surface area contributed by atoms with E-state index < -0.39 is 6.10 Å². The van der Waals surface area contributed by atoms with Crippen LogP contribution in [0.25, 0.3) is 0 Å². The molecule has 1 aliphatic heterocycles. The van der Waals surface area contributed by atoms with Crippen molar-refractivity contribution in [2.45, 2.75) is 38.3 Å². The first-order chi connectivity index (χ1) is 11.6. The molecule has 3 heteroatoms. The molecule has 2 nitrogen and oxygen atoms in total. The third-order valence-corrected chi connectivity index (χ3v) is 5.79. The van der Waals surface area contributed by atoms with Crippen LogP contribution in [0.5, 0.6) is 0 Å². The summed E-state index contributed by atoms with van der Waals surface area (Å²) in [5.41, 5.74) is 2.44. The maximum Gasteiger partial charge on any atom is 0.0942 e. The van der Waals surface area contributed by atoms with Crippen molar-refractivity contribution >= 4 is 15.9 Å². The Hall–Kier alpha value is -1.16. The van der Waals surface area contributed by atoms with E-state index in [1.165, 1.54) is 24.8 Å². The Labute approximate surface area is 153 Å². The minimum Gasteiger partial charge on any atom is -0.387 e. The van der Waals surface area contributed by atoms with Crippen molar-refractivity contribution in [1.29, 1.82) is 0 Å². The highest BCUT2D eigenvalue weighted by molar-refractivity contribution is 9.10. The molecule has 3 rings (SSSR count). The molecule has 1 fully saturated rings. The van der Waals surface area contributed by atoms with Crippen LogP contribution in [-0.2, 0) is 6.42 Å². The first kappa shape index (κ1) is 17.7. The lowest BCUT2D eigenvalue weighted by atomic mass is 9.89. The van der Waals surface area contributed by atoms with Crippen molar-refractivity contribution in [1.82, 2.24) is 4.90 Å². The van der Waals surface area contributed by atoms with Gasteiger partial charge >= 0.3 is 0 Å². The van der Waals surface area contributed by atoms with Crippen molar-refractivity contribution < 1.29 is 5.11 Å². The molecule has 2 atom stereocenters. The van der Waals surface area contributed by atoms with E-state index in [2.05, 4.69) is 58.1 Å². The number of likely N-dealkylation sites (tertiary alicyclic amines) is 1. The lowest BCUT2D eigenvalue weighted by Gasteiger charge is -2.38. The van der Waals surface area contributed by atoms with Gasteiger partial charge in [-0.3, -0.25) is 4.90 Å². The fraction of sp³-hybridized carbons (Fsp3) is 0.429. The Balaban J connectivity index is 1.53. The molecule has 0 aromatic heterocycles. The van der Waals surface area contributed by atoms with Gasteiger partial charge in [-0.25, -0.2) is 0 Å². The van der Waals surface area contributed by atoms with E-state index in [0.717, 1.165) is 29.0 Å². The van der Waals surface area contributed by atoms with E-state index in [1.54, 1.807) is 0 Å². The van der Waals surface area contributed by atoms with E-state index in [4.69, 9.17) is 0 Å². The third kappa shape index (κ3) is 4.47. The molecule has 1 heterocycles. The third-order valence-electron chi connectivity index (χ3n) is 5.26. The van der Waals surface area contributed by atoms with Crippen LogP contribution in [0, 0.1) is 5.92 Å². The van der Waals surface area contributed by atoms with Gasteiger partial charge in [0.2, 0.25) is 0 Å². The molecule has 2 aromatic carbocycles. The topological polar surface area (TPSA) is 23.5 Å². The fourth-order valence-electron chi connectivity index (χ4n) is 3.65. The van der Waals surface area contributed by atoms with Crippen molar-refractivity contribution in [2.24, 2.45) is 5.92 Å². The normalized spacial score (nSPS) is 19.1. The Morgan fingerprint density at radius 1 is 1.04 bits per heavy atom. The van der Waals surface area contributed by atoms with Crippen LogP contribution < -0.4 is 0 Å². The number of piperidine rings is 1. The van der Waals surface area contributed by atoms with Crippen LogP contribution in [0.2, 0.25) is 0 Å². The van der Waals surface area contributed by atoms with Crippen LogP contribution in [0.1, 0.15) is 37.0 Å². The van der Waals surface area contributed by atoms with Gasteiger partial charge in [-0.1, -0.05) is 58.4 Å². The van der Waals surface area contributed by atoms with Crippen LogP contribution >= 0.6 is 15.9 Å². The summed E-state index contributed by atoms with van der Waals surface area (Å²) in [4.78, 5) is 2.44. The highest BCUT2D eigenvalue weighted by Crippen LogP contribution is 2.28. The molecule has 24 heavy (non-hydrogen) atoms. The Kier molecular flexibility index (Phi) is 6.09. The Bertz CT molecular complexity index is 620. The maximum absolute atomic E-state index is 10.7. The average molecular weight is 388 g/mol. The maximum atomic E-state index is 10.7. The predicted octanol–water partition coefficient (Wildman–Crippen LogP) is 4.83. The molecule has 128 valence electrons. The van der Waals surface area contributed by atoms with Gasteiger partial charge in [0.1, 0.15) is 0 Å². The Morgan fingerprint density at radius 3 is 2.29 bits per heavy atom. The van der Waals surface area contributed by atoms with Crippen molar-refractivity contribution in [3.8, 4) is 0 Å². The van der Waals surface area contributed by atoms with Crippen LogP contribution in [0.4, 0.5) is 0 Å². The van der Waals surface area contributed by atoms with E-state index in [1.807, 2.05) is 24.3 Å². The van der Waals surface area contributed by atoms with Crippen LogP contribution in [0.15, 0.2) is 59.1 Å². The molecule has 0 amide bonds. The SMILES string of the molecule is C[C@H]([C@@H](O)c1ccc(Br)cc1)N1CCC(Cc2ccccc2)CC1. The molecular formula is C21H26BrNO. The highest BCUT2D eigenvalue weighted by atomic mass is 79.9. The molecule has 0 saturated carbocycles. The van der Waals surface area contributed by atoms with Crippen LogP contribution in [0.3, 0.4) is 0 Å². The number of hydrogen-bond acceptors (Lipinski definition) is 2. The molecular weight excluding hydrogens is 362 g/mol. The van der Waals surface area contributed by atoms with E-state index >= 15 is 0 Å². The van der Waals surface area contributed by atoms with Gasteiger partial charge in [0.25, 0.3) is 0 Å². The predicted molar refractivity (Wildman–Crippen MR) is 103 cm³/mol. The summed E-state index contributed by atoms with van der Waals surface area (Å²) < 4.78 is 1.05. The van der Waals surface area contributed by atoms with E-state index in [9.17, 15) is 5.11 Å². The molecule has 1 saturated heterocycles. The van der Waals surface area contributed by atoms with Gasteiger partial charge in [-0.15, -0.1) is 0 Å². The zero-order valence-electron chi connectivity index (χ0n) is 14.2. The van der Waals surface area contributed by atoms with Gasteiger partial charge < -0.3 is 5.11 Å². The number of benzene rings is 2. The second-order valence-electron chi connectivity index (χ2n) is 6.91. The zero-order valence-corrected chi connectivity index (χ0v) is 15.8. The Morgan fingerprint density at radius 2 is 1.67 bits per heavy atom. The molecule has 0 bridgehead atoms. The fourth-order valence-corrected chi connectivity index (χ4v) is 3.91. The van der Waals surface area contributed by atoms with Gasteiger partial charge in [0, 0.05) is 10.5 Å². The molecule has 2 aromatic rings. The van der Waals surface area contributed by atoms with E-state index in [0.29, 0.717) is 0 Å². The van der Waals surface area contributed by atoms with E-state index in [-0.39, 0.29) is 6.04 Å². The van der Waals surface area contributed by atoms with Gasteiger partial charge in [-0.05, 0) is 68.5 Å². The molecule has 0 radical (unpaired) electrons. The van der Waals surface area contributed by atoms with Crippen molar-refractivity contribution in [2.75, 3.05) is 13.1 Å². The average Bonchev–Trinajstić information content (AvgIpc) is 2.63. The largest absolute Gasteiger partial charge is 0.387 e. The summed E-state index contributed by atoms with van der Waals surface area (Å²) in [5.74, 6) is 0.765. The molecule has 0 spiro atoms. The number of aliphatic hydroxyl groups excluding tert-OH is 1. The first-order valence-electron chi connectivity index (χ1n) is 8.85. The monoisotopic (exact) mass is 387 g/mol.